The van der Waals surface area contributed by atoms with Crippen LogP contribution in [0.4, 0.5) is 5.13 Å². The van der Waals surface area contributed by atoms with Crippen LogP contribution in [0.3, 0.4) is 0 Å². The van der Waals surface area contributed by atoms with E-state index in [0.29, 0.717) is 32.6 Å². The molecule has 1 unspecified atom stereocenters. The number of anilines is 1. The summed E-state index contributed by atoms with van der Waals surface area (Å²) in [6, 6.07) is 7.03. The Morgan fingerprint density at radius 3 is 2.37 bits per heavy atom. The van der Waals surface area contributed by atoms with E-state index in [9.17, 15) is 4.79 Å². The number of hydrogen-bond donors (Lipinski definition) is 1. The van der Waals surface area contributed by atoms with Gasteiger partial charge >= 0.3 is 0 Å². The van der Waals surface area contributed by atoms with Crippen molar-refractivity contribution in [1.29, 1.82) is 0 Å². The molecule has 3 aromatic rings. The Morgan fingerprint density at radius 2 is 1.83 bits per heavy atom. The third kappa shape index (κ3) is 4.77. The van der Waals surface area contributed by atoms with Gasteiger partial charge in [0.2, 0.25) is 16.9 Å². The third-order valence-corrected chi connectivity index (χ3v) is 6.98. The summed E-state index contributed by atoms with van der Waals surface area (Å²) in [7, 11) is 3.00. The van der Waals surface area contributed by atoms with Crippen molar-refractivity contribution in [3.8, 4) is 11.8 Å². The lowest BCUT2D eigenvalue weighted by atomic mass is 9.91. The first-order chi connectivity index (χ1) is 14.1. The van der Waals surface area contributed by atoms with E-state index in [1.165, 1.54) is 37.3 Å². The molecule has 0 aliphatic heterocycles. The van der Waals surface area contributed by atoms with E-state index in [1.807, 2.05) is 32.9 Å². The molecule has 0 radical (unpaired) electrons. The molecule has 0 spiro atoms. The van der Waals surface area contributed by atoms with Crippen LogP contribution in [0.15, 0.2) is 29.4 Å². The van der Waals surface area contributed by atoms with Gasteiger partial charge in [0, 0.05) is 0 Å². The van der Waals surface area contributed by atoms with Gasteiger partial charge in [-0.2, -0.15) is 9.97 Å². The lowest BCUT2D eigenvalue weighted by molar-refractivity contribution is -0.119. The molecular weight excluding hydrogens is 446 g/mol. The van der Waals surface area contributed by atoms with Crippen molar-refractivity contribution in [3.05, 3.63) is 29.3 Å². The number of hydrogen-bond acceptors (Lipinski definition) is 9. The number of halogens is 1. The highest BCUT2D eigenvalue weighted by atomic mass is 35.5. The lowest BCUT2D eigenvalue weighted by Gasteiger charge is -2.30. The Morgan fingerprint density at radius 1 is 1.20 bits per heavy atom. The summed E-state index contributed by atoms with van der Waals surface area (Å²) in [6.45, 7) is 5.84. The fourth-order valence-electron chi connectivity index (χ4n) is 2.58. The number of aromatic nitrogens is 3. The molecule has 0 saturated carbocycles. The number of hydrazine groups is 1. The zero-order valence-electron chi connectivity index (χ0n) is 17.2. The molecule has 0 saturated heterocycles. The Hall–Kier alpha value is -2.14. The molecule has 0 bridgehead atoms. The average molecular weight is 468 g/mol. The van der Waals surface area contributed by atoms with Gasteiger partial charge in [-0.3, -0.25) is 4.79 Å². The van der Waals surface area contributed by atoms with Gasteiger partial charge in [-0.05, 0) is 17.5 Å². The molecule has 1 amide bonds. The Kier molecular flexibility index (Phi) is 6.71. The van der Waals surface area contributed by atoms with Gasteiger partial charge in [0.25, 0.3) is 5.91 Å². The molecule has 160 valence electrons. The number of ether oxygens (including phenoxy) is 2. The molecule has 11 heteroatoms. The molecule has 2 heterocycles. The minimum Gasteiger partial charge on any atom is -0.481 e. The number of benzene rings is 1. The number of fused-ring (bicyclic) bond motifs is 1. The summed E-state index contributed by atoms with van der Waals surface area (Å²) in [5.41, 5.74) is 0.163. The number of thiazole rings is 1. The summed E-state index contributed by atoms with van der Waals surface area (Å²) >= 11 is 8.70. The van der Waals surface area contributed by atoms with E-state index in [4.69, 9.17) is 26.9 Å². The second-order valence-electron chi connectivity index (χ2n) is 7.39. The quantitative estimate of drug-likeness (QED) is 0.189. The van der Waals surface area contributed by atoms with Gasteiger partial charge in [0.05, 0.1) is 35.3 Å². The summed E-state index contributed by atoms with van der Waals surface area (Å²) in [4.78, 5) is 26.4. The van der Waals surface area contributed by atoms with Crippen molar-refractivity contribution >= 4 is 56.0 Å². The van der Waals surface area contributed by atoms with Gasteiger partial charge in [0.1, 0.15) is 5.52 Å². The molecule has 1 atom stereocenters. The third-order valence-electron chi connectivity index (χ3n) is 4.11. The van der Waals surface area contributed by atoms with Crippen LogP contribution >= 0.6 is 34.7 Å². The number of amides is 1. The predicted molar refractivity (Wildman–Crippen MR) is 121 cm³/mol. The monoisotopic (exact) mass is 467 g/mol. The molecule has 0 aliphatic carbocycles. The maximum Gasteiger partial charge on any atom is 0.257 e. The number of carbonyl (C=O) groups is 1. The molecule has 0 fully saturated rings. The Balaban J connectivity index is 1.93. The fourth-order valence-corrected chi connectivity index (χ4v) is 4.83. The van der Waals surface area contributed by atoms with Crippen molar-refractivity contribution in [1.82, 2.24) is 15.0 Å². The van der Waals surface area contributed by atoms with E-state index in [-0.39, 0.29) is 5.91 Å². The number of thioether (sulfide) groups is 1. The number of methoxy groups -OCH3 is 2. The molecule has 0 aliphatic rings. The second-order valence-corrected chi connectivity index (χ2v) is 9.88. The lowest BCUT2D eigenvalue weighted by Crippen LogP contribution is -2.47. The van der Waals surface area contributed by atoms with Gasteiger partial charge in [-0.25, -0.2) is 15.8 Å². The van der Waals surface area contributed by atoms with Crippen molar-refractivity contribution in [2.75, 3.05) is 19.2 Å². The number of carbonyl (C=O) groups excluding carboxylic acids is 1. The molecule has 2 N–H and O–H groups in total. The molecule has 1 aromatic carbocycles. The normalized spacial score (nSPS) is 12.6. The number of nitrogens with two attached hydrogens (primary N) is 1. The summed E-state index contributed by atoms with van der Waals surface area (Å²) < 4.78 is 11.3. The van der Waals surface area contributed by atoms with Crippen molar-refractivity contribution in [2.45, 2.75) is 31.2 Å². The maximum absolute atomic E-state index is 13.4. The zero-order chi connectivity index (χ0) is 22.1. The standard InChI is InChI=1S/C19H22ClN5O3S2/c1-19(2,3)15(30-17-22-12(27-4)9-13(23-17)28-5)16(26)25(21)18-24-14-10(20)7-6-8-11(14)29-18/h6-9,15H,21H2,1-5H3. The van der Waals surface area contributed by atoms with E-state index in [2.05, 4.69) is 15.0 Å². The highest BCUT2D eigenvalue weighted by Crippen LogP contribution is 2.38. The van der Waals surface area contributed by atoms with Crippen molar-refractivity contribution in [2.24, 2.45) is 11.3 Å². The van der Waals surface area contributed by atoms with Crippen LogP contribution in [-0.2, 0) is 4.79 Å². The summed E-state index contributed by atoms with van der Waals surface area (Å²) in [5.74, 6) is 6.56. The Labute approximate surface area is 187 Å². The largest absolute Gasteiger partial charge is 0.481 e. The van der Waals surface area contributed by atoms with Crippen LogP contribution in [0, 0.1) is 5.41 Å². The van der Waals surface area contributed by atoms with Gasteiger partial charge in [0.15, 0.2) is 5.16 Å². The Bertz CT molecular complexity index is 1050. The number of rotatable bonds is 6. The highest BCUT2D eigenvalue weighted by molar-refractivity contribution is 8.00. The second kappa shape index (κ2) is 8.93. The van der Waals surface area contributed by atoms with E-state index in [0.717, 1.165) is 9.71 Å². The van der Waals surface area contributed by atoms with E-state index >= 15 is 0 Å². The van der Waals surface area contributed by atoms with E-state index in [1.54, 1.807) is 12.1 Å². The van der Waals surface area contributed by atoms with Gasteiger partial charge < -0.3 is 9.47 Å². The molecule has 8 nitrogen and oxygen atoms in total. The molecule has 2 aromatic heterocycles. The SMILES string of the molecule is COc1cc(OC)nc(SC(C(=O)N(N)c2nc3c(Cl)cccc3s2)C(C)(C)C)n1. The zero-order valence-corrected chi connectivity index (χ0v) is 19.6. The van der Waals surface area contributed by atoms with Crippen LogP contribution in [0.25, 0.3) is 10.2 Å². The first-order valence-electron chi connectivity index (χ1n) is 8.91. The minimum absolute atomic E-state index is 0.326. The van der Waals surface area contributed by atoms with Crippen LogP contribution in [0.1, 0.15) is 20.8 Å². The highest BCUT2D eigenvalue weighted by Gasteiger charge is 2.37. The van der Waals surface area contributed by atoms with E-state index < -0.39 is 10.7 Å². The smallest absolute Gasteiger partial charge is 0.257 e. The summed E-state index contributed by atoms with van der Waals surface area (Å²) in [5, 5.41) is 1.69. The van der Waals surface area contributed by atoms with Gasteiger partial charge in [-0.15, -0.1) is 0 Å². The van der Waals surface area contributed by atoms with Crippen LogP contribution < -0.4 is 20.3 Å². The minimum atomic E-state index is -0.596. The first-order valence-corrected chi connectivity index (χ1v) is 11.0. The maximum atomic E-state index is 13.4. The van der Waals surface area contributed by atoms with Crippen LogP contribution in [-0.4, -0.2) is 40.3 Å². The topological polar surface area (TPSA) is 103 Å². The van der Waals surface area contributed by atoms with Crippen molar-refractivity contribution < 1.29 is 14.3 Å². The average Bonchev–Trinajstić information content (AvgIpc) is 3.15. The molecular formula is C19H22ClN5O3S2. The fraction of sp³-hybridized carbons (Fsp3) is 0.368. The summed E-state index contributed by atoms with van der Waals surface area (Å²) in [6.07, 6.45) is 0. The van der Waals surface area contributed by atoms with Crippen molar-refractivity contribution in [3.63, 3.8) is 0 Å². The predicted octanol–water partition coefficient (Wildman–Crippen LogP) is 4.17. The van der Waals surface area contributed by atoms with Gasteiger partial charge in [-0.1, -0.05) is 61.5 Å². The number of para-hydroxylation sites is 1. The van der Waals surface area contributed by atoms with Crippen LogP contribution in [0.5, 0.6) is 11.8 Å². The number of nitrogens with zero attached hydrogens (tertiary/aromatic N) is 4. The van der Waals surface area contributed by atoms with Crippen LogP contribution in [0.2, 0.25) is 5.02 Å². The first kappa shape index (κ1) is 22.5. The molecule has 30 heavy (non-hydrogen) atoms. The molecule has 3 rings (SSSR count).